The van der Waals surface area contributed by atoms with Crippen LogP contribution in [0, 0.1) is 0 Å². The van der Waals surface area contributed by atoms with Crippen LogP contribution in [-0.2, 0) is 0 Å². The Morgan fingerprint density at radius 2 is 2.29 bits per heavy atom. The molecule has 1 fully saturated rings. The Morgan fingerprint density at radius 1 is 1.57 bits per heavy atom. The van der Waals surface area contributed by atoms with E-state index in [0.717, 1.165) is 19.3 Å². The van der Waals surface area contributed by atoms with Gasteiger partial charge < -0.3 is 5.11 Å². The number of hydrogen-bond donors (Lipinski definition) is 1. The van der Waals surface area contributed by atoms with Gasteiger partial charge in [0, 0.05) is 12.1 Å². The quantitative estimate of drug-likeness (QED) is 0.818. The minimum Gasteiger partial charge on any atom is -0.478 e. The maximum absolute atomic E-state index is 10.9. The summed E-state index contributed by atoms with van der Waals surface area (Å²) in [6, 6.07) is 1.48. The molecule has 0 atom stereocenters. The number of carboxylic acid groups (broad SMARTS) is 1. The SMILES string of the molecule is O=C(O)c1cc(Cl)cnc1C1CCC1. The summed E-state index contributed by atoms with van der Waals surface area (Å²) in [6.07, 6.45) is 4.75. The first-order valence-corrected chi connectivity index (χ1v) is 4.95. The Balaban J connectivity index is 2.41. The van der Waals surface area contributed by atoms with Crippen molar-refractivity contribution in [3.63, 3.8) is 0 Å². The lowest BCUT2D eigenvalue weighted by Crippen LogP contribution is -2.15. The van der Waals surface area contributed by atoms with Gasteiger partial charge in [-0.25, -0.2) is 4.79 Å². The fourth-order valence-electron chi connectivity index (χ4n) is 1.63. The molecule has 0 spiro atoms. The highest BCUT2D eigenvalue weighted by Gasteiger charge is 2.25. The fraction of sp³-hybridized carbons (Fsp3) is 0.400. The van der Waals surface area contributed by atoms with E-state index >= 15 is 0 Å². The van der Waals surface area contributed by atoms with Crippen LogP contribution in [0.25, 0.3) is 0 Å². The van der Waals surface area contributed by atoms with Gasteiger partial charge >= 0.3 is 5.97 Å². The number of nitrogens with zero attached hydrogens (tertiary/aromatic N) is 1. The summed E-state index contributed by atoms with van der Waals surface area (Å²) in [6.45, 7) is 0. The molecule has 2 rings (SSSR count). The summed E-state index contributed by atoms with van der Waals surface area (Å²) in [7, 11) is 0. The van der Waals surface area contributed by atoms with Crippen molar-refractivity contribution < 1.29 is 9.90 Å². The summed E-state index contributed by atoms with van der Waals surface area (Å²) >= 11 is 5.70. The third-order valence-electron chi connectivity index (χ3n) is 2.61. The predicted molar refractivity (Wildman–Crippen MR) is 52.8 cm³/mol. The summed E-state index contributed by atoms with van der Waals surface area (Å²) in [4.78, 5) is 15.0. The number of halogens is 1. The molecule has 1 aromatic rings. The minimum absolute atomic E-state index is 0.252. The summed E-state index contributed by atoms with van der Waals surface area (Å²) < 4.78 is 0. The van der Waals surface area contributed by atoms with Crippen molar-refractivity contribution >= 4 is 17.6 Å². The van der Waals surface area contributed by atoms with Gasteiger partial charge in [-0.05, 0) is 18.9 Å². The van der Waals surface area contributed by atoms with Crippen molar-refractivity contribution in [3.05, 3.63) is 28.5 Å². The van der Waals surface area contributed by atoms with Crippen molar-refractivity contribution in [2.45, 2.75) is 25.2 Å². The van der Waals surface area contributed by atoms with E-state index in [1.807, 2.05) is 0 Å². The van der Waals surface area contributed by atoms with Crippen LogP contribution in [0.4, 0.5) is 0 Å². The molecule has 14 heavy (non-hydrogen) atoms. The second-order valence-corrected chi connectivity index (χ2v) is 3.96. The van der Waals surface area contributed by atoms with Gasteiger partial charge in [0.1, 0.15) is 0 Å². The Hall–Kier alpha value is -1.09. The molecule has 1 saturated carbocycles. The topological polar surface area (TPSA) is 50.2 Å². The van der Waals surface area contributed by atoms with E-state index < -0.39 is 5.97 Å². The van der Waals surface area contributed by atoms with Gasteiger partial charge in [0.05, 0.1) is 16.3 Å². The average Bonchev–Trinajstić information content (AvgIpc) is 2.04. The number of aromatic nitrogens is 1. The molecule has 0 amide bonds. The lowest BCUT2D eigenvalue weighted by Gasteiger charge is -2.25. The normalized spacial score (nSPS) is 16.4. The standard InChI is InChI=1S/C10H10ClNO2/c11-7-4-8(10(13)14)9(12-5-7)6-2-1-3-6/h4-6H,1-3H2,(H,13,14). The maximum Gasteiger partial charge on any atom is 0.337 e. The largest absolute Gasteiger partial charge is 0.478 e. The van der Waals surface area contributed by atoms with Crippen LogP contribution >= 0.6 is 11.6 Å². The molecule has 0 radical (unpaired) electrons. The van der Waals surface area contributed by atoms with E-state index in [9.17, 15) is 4.79 Å². The molecular weight excluding hydrogens is 202 g/mol. The third-order valence-corrected chi connectivity index (χ3v) is 2.81. The second-order valence-electron chi connectivity index (χ2n) is 3.52. The predicted octanol–water partition coefficient (Wildman–Crippen LogP) is 2.70. The number of carbonyl (C=O) groups is 1. The van der Waals surface area contributed by atoms with Gasteiger partial charge in [-0.1, -0.05) is 18.0 Å². The molecule has 0 unspecified atom stereocenters. The van der Waals surface area contributed by atoms with E-state index in [1.54, 1.807) is 0 Å². The first-order valence-electron chi connectivity index (χ1n) is 4.57. The molecule has 0 bridgehead atoms. The molecule has 1 aliphatic carbocycles. The summed E-state index contributed by atoms with van der Waals surface area (Å²) in [5, 5.41) is 9.34. The van der Waals surface area contributed by atoms with E-state index in [2.05, 4.69) is 4.98 Å². The zero-order valence-corrected chi connectivity index (χ0v) is 8.29. The number of pyridine rings is 1. The summed E-state index contributed by atoms with van der Waals surface area (Å²) in [5.41, 5.74) is 0.940. The maximum atomic E-state index is 10.9. The highest BCUT2D eigenvalue weighted by atomic mass is 35.5. The van der Waals surface area contributed by atoms with E-state index in [4.69, 9.17) is 16.7 Å². The van der Waals surface area contributed by atoms with Crippen LogP contribution in [0.15, 0.2) is 12.3 Å². The molecule has 1 aromatic heterocycles. The molecular formula is C10H10ClNO2. The van der Waals surface area contributed by atoms with Crippen LogP contribution < -0.4 is 0 Å². The Kier molecular flexibility index (Phi) is 2.42. The number of hydrogen-bond acceptors (Lipinski definition) is 2. The van der Waals surface area contributed by atoms with Gasteiger partial charge in [0.15, 0.2) is 0 Å². The van der Waals surface area contributed by atoms with E-state index in [0.29, 0.717) is 16.6 Å². The molecule has 0 saturated heterocycles. The van der Waals surface area contributed by atoms with Gasteiger partial charge in [-0.3, -0.25) is 4.98 Å². The van der Waals surface area contributed by atoms with Crippen molar-refractivity contribution in [2.24, 2.45) is 0 Å². The first kappa shape index (κ1) is 9.46. The van der Waals surface area contributed by atoms with Crippen LogP contribution in [0.5, 0.6) is 0 Å². The van der Waals surface area contributed by atoms with Crippen molar-refractivity contribution in [3.8, 4) is 0 Å². The molecule has 1 heterocycles. The smallest absolute Gasteiger partial charge is 0.337 e. The van der Waals surface area contributed by atoms with E-state index in [1.165, 1.54) is 12.3 Å². The molecule has 1 aliphatic rings. The van der Waals surface area contributed by atoms with Crippen LogP contribution in [0.2, 0.25) is 5.02 Å². The highest BCUT2D eigenvalue weighted by Crippen LogP contribution is 2.37. The molecule has 0 aliphatic heterocycles. The average molecular weight is 212 g/mol. The van der Waals surface area contributed by atoms with Crippen molar-refractivity contribution in [1.82, 2.24) is 4.98 Å². The zero-order valence-electron chi connectivity index (χ0n) is 7.53. The Bertz CT molecular complexity index is 374. The first-order chi connectivity index (χ1) is 6.68. The molecule has 74 valence electrons. The molecule has 3 nitrogen and oxygen atoms in total. The second kappa shape index (κ2) is 3.58. The van der Waals surface area contributed by atoms with Crippen molar-refractivity contribution in [2.75, 3.05) is 0 Å². The Morgan fingerprint density at radius 3 is 2.79 bits per heavy atom. The number of rotatable bonds is 2. The lowest BCUT2D eigenvalue weighted by molar-refractivity contribution is 0.0693. The molecule has 0 aromatic carbocycles. The number of aromatic carboxylic acids is 1. The zero-order chi connectivity index (χ0) is 10.1. The number of carboxylic acids is 1. The highest BCUT2D eigenvalue weighted by molar-refractivity contribution is 6.30. The van der Waals surface area contributed by atoms with Gasteiger partial charge in [0.2, 0.25) is 0 Å². The minimum atomic E-state index is -0.943. The van der Waals surface area contributed by atoms with Crippen LogP contribution in [0.3, 0.4) is 0 Å². The molecule has 1 N–H and O–H groups in total. The third kappa shape index (κ3) is 1.60. The van der Waals surface area contributed by atoms with Crippen LogP contribution in [0.1, 0.15) is 41.2 Å². The van der Waals surface area contributed by atoms with Crippen LogP contribution in [-0.4, -0.2) is 16.1 Å². The van der Waals surface area contributed by atoms with Crippen molar-refractivity contribution in [1.29, 1.82) is 0 Å². The monoisotopic (exact) mass is 211 g/mol. The van der Waals surface area contributed by atoms with Gasteiger partial charge in [0.25, 0.3) is 0 Å². The van der Waals surface area contributed by atoms with E-state index in [-0.39, 0.29) is 5.56 Å². The Labute approximate surface area is 86.7 Å². The van der Waals surface area contributed by atoms with Gasteiger partial charge in [-0.15, -0.1) is 0 Å². The lowest BCUT2D eigenvalue weighted by atomic mass is 9.81. The van der Waals surface area contributed by atoms with Gasteiger partial charge in [-0.2, -0.15) is 0 Å². The molecule has 4 heteroatoms. The fourth-order valence-corrected chi connectivity index (χ4v) is 1.79. The summed E-state index contributed by atoms with van der Waals surface area (Å²) in [5.74, 6) is -0.625.